The molecule has 6 heteroatoms. The van der Waals surface area contributed by atoms with Crippen molar-refractivity contribution in [2.24, 2.45) is 10.7 Å². The number of nitrogens with one attached hydrogen (secondary N) is 3. The summed E-state index contributed by atoms with van der Waals surface area (Å²) in [6, 6.07) is 11.8. The predicted molar refractivity (Wildman–Crippen MR) is 83.7 cm³/mol. The van der Waals surface area contributed by atoms with E-state index in [4.69, 9.17) is 5.73 Å². The first kappa shape index (κ1) is 13.4. The Morgan fingerprint density at radius 3 is 2.67 bits per heavy atom. The lowest BCUT2D eigenvalue weighted by Gasteiger charge is -2.26. The van der Waals surface area contributed by atoms with E-state index in [-0.39, 0.29) is 0 Å². The molecular weight excluding hydrogens is 264 g/mol. The van der Waals surface area contributed by atoms with E-state index in [0.29, 0.717) is 0 Å². The first-order valence-electron chi connectivity index (χ1n) is 6.75. The molecule has 0 bridgehead atoms. The van der Waals surface area contributed by atoms with E-state index < -0.39 is 5.66 Å². The maximum atomic E-state index is 6.18. The van der Waals surface area contributed by atoms with E-state index in [1.165, 1.54) is 0 Å². The van der Waals surface area contributed by atoms with Crippen molar-refractivity contribution < 1.29 is 0 Å². The third-order valence-corrected chi connectivity index (χ3v) is 3.06. The monoisotopic (exact) mass is 282 g/mol. The Labute approximate surface area is 123 Å². The van der Waals surface area contributed by atoms with Crippen molar-refractivity contribution in [3.8, 4) is 0 Å². The number of aromatic nitrogens is 2. The summed E-state index contributed by atoms with van der Waals surface area (Å²) in [5.41, 5.74) is 7.38. The largest absolute Gasteiger partial charge is 0.326 e. The molecular formula is C15H18N6. The fraction of sp³-hybridized carbons (Fsp3) is 0.200. The molecule has 108 valence electrons. The van der Waals surface area contributed by atoms with E-state index in [9.17, 15) is 0 Å². The summed E-state index contributed by atoms with van der Waals surface area (Å²) in [4.78, 5) is 4.52. The van der Waals surface area contributed by atoms with Crippen molar-refractivity contribution in [1.29, 1.82) is 0 Å². The maximum Gasteiger partial charge on any atom is 0.153 e. The van der Waals surface area contributed by atoms with Gasteiger partial charge in [-0.3, -0.25) is 5.10 Å². The van der Waals surface area contributed by atoms with Gasteiger partial charge >= 0.3 is 0 Å². The van der Waals surface area contributed by atoms with Gasteiger partial charge < -0.3 is 16.4 Å². The SMILES string of the molecule is Cc1cc(NC2=CC(C)(N)N=C(c3ccccc3)N2)n[nH]1. The molecule has 0 aliphatic carbocycles. The molecule has 0 spiro atoms. The van der Waals surface area contributed by atoms with Gasteiger partial charge in [0.15, 0.2) is 5.82 Å². The standard InChI is InChI=1S/C15H18N6/c1-10-8-12(21-20-10)17-13-9-15(2,16)19-14(18-13)11-6-4-3-5-7-11/h3-9H,16H2,1-2H3,(H,18,19)(H2,17,20,21). The van der Waals surface area contributed by atoms with Gasteiger partial charge in [0.05, 0.1) is 0 Å². The molecule has 0 fully saturated rings. The quantitative estimate of drug-likeness (QED) is 0.689. The number of nitrogens with zero attached hydrogens (tertiary/aromatic N) is 2. The fourth-order valence-electron chi connectivity index (χ4n) is 2.18. The van der Waals surface area contributed by atoms with Gasteiger partial charge in [0.25, 0.3) is 0 Å². The molecule has 0 radical (unpaired) electrons. The van der Waals surface area contributed by atoms with Crippen molar-refractivity contribution in [2.45, 2.75) is 19.5 Å². The van der Waals surface area contributed by atoms with Crippen LogP contribution in [0.2, 0.25) is 0 Å². The van der Waals surface area contributed by atoms with Crippen LogP contribution in [-0.2, 0) is 0 Å². The first-order chi connectivity index (χ1) is 10.0. The lowest BCUT2D eigenvalue weighted by atomic mass is 10.1. The van der Waals surface area contributed by atoms with Gasteiger partial charge in [0.2, 0.25) is 0 Å². The van der Waals surface area contributed by atoms with Crippen LogP contribution in [0.3, 0.4) is 0 Å². The number of amidine groups is 1. The minimum absolute atomic E-state index is 0.733. The van der Waals surface area contributed by atoms with Crippen LogP contribution in [0.4, 0.5) is 5.82 Å². The molecule has 1 aliphatic heterocycles. The fourth-order valence-corrected chi connectivity index (χ4v) is 2.18. The van der Waals surface area contributed by atoms with Gasteiger partial charge in [-0.05, 0) is 19.9 Å². The second-order valence-corrected chi connectivity index (χ2v) is 5.30. The zero-order valence-corrected chi connectivity index (χ0v) is 12.0. The molecule has 3 rings (SSSR count). The number of H-pyrrole nitrogens is 1. The molecule has 0 saturated carbocycles. The van der Waals surface area contributed by atoms with Crippen LogP contribution in [0.1, 0.15) is 18.2 Å². The van der Waals surface area contributed by atoms with Crippen molar-refractivity contribution >= 4 is 11.7 Å². The molecule has 2 heterocycles. The summed E-state index contributed by atoms with van der Waals surface area (Å²) < 4.78 is 0. The van der Waals surface area contributed by atoms with Crippen LogP contribution in [0.5, 0.6) is 0 Å². The highest BCUT2D eigenvalue weighted by atomic mass is 15.3. The Balaban J connectivity index is 1.85. The highest BCUT2D eigenvalue weighted by Crippen LogP contribution is 2.17. The summed E-state index contributed by atoms with van der Waals surface area (Å²) in [5, 5.41) is 13.5. The number of rotatable bonds is 3. The number of nitrogens with two attached hydrogens (primary N) is 1. The Morgan fingerprint density at radius 1 is 1.24 bits per heavy atom. The van der Waals surface area contributed by atoms with Gasteiger partial charge in [-0.1, -0.05) is 30.3 Å². The van der Waals surface area contributed by atoms with Crippen LogP contribution < -0.4 is 16.4 Å². The second kappa shape index (κ2) is 5.06. The smallest absolute Gasteiger partial charge is 0.153 e. The zero-order valence-electron chi connectivity index (χ0n) is 12.0. The third kappa shape index (κ3) is 3.11. The Hall–Kier alpha value is -2.60. The van der Waals surface area contributed by atoms with Gasteiger partial charge in [-0.15, -0.1) is 0 Å². The Kier molecular flexibility index (Phi) is 3.23. The molecule has 0 saturated heterocycles. The maximum absolute atomic E-state index is 6.18. The summed E-state index contributed by atoms with van der Waals surface area (Å²) in [7, 11) is 0. The number of hydrogen-bond acceptors (Lipinski definition) is 5. The minimum atomic E-state index is -0.774. The van der Waals surface area contributed by atoms with E-state index >= 15 is 0 Å². The first-order valence-corrected chi connectivity index (χ1v) is 6.75. The van der Waals surface area contributed by atoms with E-state index in [1.54, 1.807) is 0 Å². The van der Waals surface area contributed by atoms with Crippen LogP contribution in [0.15, 0.2) is 53.3 Å². The normalized spacial score (nSPS) is 21.3. The number of benzene rings is 1. The molecule has 5 N–H and O–H groups in total. The number of hydrogen-bond donors (Lipinski definition) is 4. The highest BCUT2D eigenvalue weighted by Gasteiger charge is 2.23. The van der Waals surface area contributed by atoms with E-state index in [0.717, 1.165) is 28.7 Å². The van der Waals surface area contributed by atoms with Gasteiger partial charge in [-0.2, -0.15) is 5.10 Å². The van der Waals surface area contributed by atoms with E-state index in [1.807, 2.05) is 56.3 Å². The number of aryl methyl sites for hydroxylation is 1. The summed E-state index contributed by atoms with van der Waals surface area (Å²) in [6.45, 7) is 3.80. The number of aromatic amines is 1. The molecule has 1 aromatic carbocycles. The summed E-state index contributed by atoms with van der Waals surface area (Å²) in [5.74, 6) is 2.23. The Bertz CT molecular complexity index is 696. The van der Waals surface area contributed by atoms with Gasteiger partial charge in [-0.25, -0.2) is 4.99 Å². The van der Waals surface area contributed by atoms with Crippen molar-refractivity contribution in [3.63, 3.8) is 0 Å². The van der Waals surface area contributed by atoms with Crippen LogP contribution in [-0.4, -0.2) is 21.7 Å². The minimum Gasteiger partial charge on any atom is -0.326 e. The molecule has 2 aromatic rings. The second-order valence-electron chi connectivity index (χ2n) is 5.30. The van der Waals surface area contributed by atoms with Crippen molar-refractivity contribution in [2.75, 3.05) is 5.32 Å². The van der Waals surface area contributed by atoms with E-state index in [2.05, 4.69) is 25.8 Å². The van der Waals surface area contributed by atoms with Crippen LogP contribution in [0.25, 0.3) is 0 Å². The summed E-state index contributed by atoms with van der Waals surface area (Å²) in [6.07, 6.45) is 1.84. The van der Waals surface area contributed by atoms with Crippen LogP contribution in [0, 0.1) is 6.92 Å². The average Bonchev–Trinajstić information content (AvgIpc) is 2.83. The van der Waals surface area contributed by atoms with Crippen LogP contribution >= 0.6 is 0 Å². The summed E-state index contributed by atoms with van der Waals surface area (Å²) >= 11 is 0. The molecule has 1 aromatic heterocycles. The third-order valence-electron chi connectivity index (χ3n) is 3.06. The molecule has 0 amide bonds. The lowest BCUT2D eigenvalue weighted by molar-refractivity contribution is 0.599. The lowest BCUT2D eigenvalue weighted by Crippen LogP contribution is -2.43. The number of aliphatic imine (C=N–C) groups is 1. The number of anilines is 1. The van der Waals surface area contributed by atoms with Gasteiger partial charge in [0.1, 0.15) is 17.3 Å². The molecule has 1 unspecified atom stereocenters. The zero-order chi connectivity index (χ0) is 14.9. The molecule has 21 heavy (non-hydrogen) atoms. The highest BCUT2D eigenvalue weighted by molar-refractivity contribution is 6.01. The van der Waals surface area contributed by atoms with Gasteiger partial charge in [0, 0.05) is 17.3 Å². The molecule has 1 aliphatic rings. The predicted octanol–water partition coefficient (Wildman–Crippen LogP) is 1.70. The van der Waals surface area contributed by atoms with Crippen molar-refractivity contribution in [3.05, 3.63) is 59.6 Å². The molecule has 1 atom stereocenters. The Morgan fingerprint density at radius 2 is 2.00 bits per heavy atom. The molecule has 6 nitrogen and oxygen atoms in total. The topological polar surface area (TPSA) is 91.1 Å². The van der Waals surface area contributed by atoms with Crippen molar-refractivity contribution in [1.82, 2.24) is 15.5 Å². The average molecular weight is 282 g/mol.